The Bertz CT molecular complexity index is 299. The highest BCUT2D eigenvalue weighted by Gasteiger charge is 2.28. The molecule has 78 valence electrons. The highest BCUT2D eigenvalue weighted by Crippen LogP contribution is 2.29. The van der Waals surface area contributed by atoms with Crippen molar-refractivity contribution < 1.29 is 4.52 Å². The number of nitrogens with two attached hydrogens (primary N) is 1. The third kappa shape index (κ3) is 1.78. The molecule has 2 heterocycles. The normalized spacial score (nSPS) is 23.1. The summed E-state index contributed by atoms with van der Waals surface area (Å²) in [5.41, 5.74) is 5.55. The van der Waals surface area contributed by atoms with Crippen molar-refractivity contribution >= 4 is 0 Å². The maximum absolute atomic E-state index is 5.55. The van der Waals surface area contributed by atoms with Gasteiger partial charge in [0.25, 0.3) is 0 Å². The van der Waals surface area contributed by atoms with Gasteiger partial charge in [-0.2, -0.15) is 4.98 Å². The van der Waals surface area contributed by atoms with E-state index in [1.165, 1.54) is 6.42 Å². The Labute approximate surface area is 83.3 Å². The summed E-state index contributed by atoms with van der Waals surface area (Å²) in [6.45, 7) is 4.51. The molecule has 1 atom stereocenters. The minimum absolute atomic E-state index is 0.316. The quantitative estimate of drug-likeness (QED) is 0.761. The van der Waals surface area contributed by atoms with E-state index in [-0.39, 0.29) is 0 Å². The van der Waals surface area contributed by atoms with Crippen LogP contribution in [-0.4, -0.2) is 34.7 Å². The summed E-state index contributed by atoms with van der Waals surface area (Å²) in [5.74, 6) is 1.45. The van der Waals surface area contributed by atoms with Crippen molar-refractivity contribution in [2.24, 2.45) is 5.73 Å². The SMILES string of the molecule is Cc1nc(C2CCCN2CCN)no1. The lowest BCUT2D eigenvalue weighted by Gasteiger charge is -2.20. The molecule has 1 aromatic rings. The molecule has 5 heteroatoms. The molecule has 0 saturated carbocycles. The summed E-state index contributed by atoms with van der Waals surface area (Å²) in [4.78, 5) is 6.59. The van der Waals surface area contributed by atoms with Gasteiger partial charge in [0.05, 0.1) is 6.04 Å². The molecule has 1 aromatic heterocycles. The van der Waals surface area contributed by atoms with E-state index in [0.29, 0.717) is 18.5 Å². The van der Waals surface area contributed by atoms with E-state index < -0.39 is 0 Å². The van der Waals surface area contributed by atoms with Crippen molar-refractivity contribution in [2.75, 3.05) is 19.6 Å². The predicted molar refractivity (Wildman–Crippen MR) is 51.6 cm³/mol. The lowest BCUT2D eigenvalue weighted by atomic mass is 10.2. The molecule has 0 aliphatic carbocycles. The van der Waals surface area contributed by atoms with Crippen molar-refractivity contribution in [2.45, 2.75) is 25.8 Å². The van der Waals surface area contributed by atoms with E-state index >= 15 is 0 Å². The van der Waals surface area contributed by atoms with E-state index in [0.717, 1.165) is 25.3 Å². The first-order valence-electron chi connectivity index (χ1n) is 5.05. The first kappa shape index (κ1) is 9.61. The van der Waals surface area contributed by atoms with Gasteiger partial charge < -0.3 is 10.3 Å². The third-order valence-corrected chi connectivity index (χ3v) is 2.62. The van der Waals surface area contributed by atoms with Gasteiger partial charge >= 0.3 is 0 Å². The van der Waals surface area contributed by atoms with E-state index in [1.54, 1.807) is 0 Å². The zero-order valence-corrected chi connectivity index (χ0v) is 8.44. The Morgan fingerprint density at radius 3 is 3.14 bits per heavy atom. The molecule has 0 aromatic carbocycles. The largest absolute Gasteiger partial charge is 0.340 e. The minimum Gasteiger partial charge on any atom is -0.340 e. The summed E-state index contributed by atoms with van der Waals surface area (Å²) in [6.07, 6.45) is 2.30. The van der Waals surface area contributed by atoms with Crippen molar-refractivity contribution in [1.29, 1.82) is 0 Å². The van der Waals surface area contributed by atoms with Gasteiger partial charge in [-0.05, 0) is 19.4 Å². The van der Waals surface area contributed by atoms with Crippen LogP contribution in [0.5, 0.6) is 0 Å². The second-order valence-corrected chi connectivity index (χ2v) is 3.65. The molecule has 0 radical (unpaired) electrons. The van der Waals surface area contributed by atoms with Crippen molar-refractivity contribution in [1.82, 2.24) is 15.0 Å². The van der Waals surface area contributed by atoms with Crippen LogP contribution in [0.3, 0.4) is 0 Å². The summed E-state index contributed by atoms with van der Waals surface area (Å²) in [7, 11) is 0. The Morgan fingerprint density at radius 1 is 1.64 bits per heavy atom. The maximum Gasteiger partial charge on any atom is 0.223 e. The second-order valence-electron chi connectivity index (χ2n) is 3.65. The van der Waals surface area contributed by atoms with Gasteiger partial charge in [-0.3, -0.25) is 4.90 Å². The van der Waals surface area contributed by atoms with Gasteiger partial charge in [-0.1, -0.05) is 5.16 Å². The molecule has 0 spiro atoms. The molecule has 1 unspecified atom stereocenters. The molecular weight excluding hydrogens is 180 g/mol. The fourth-order valence-electron chi connectivity index (χ4n) is 2.00. The number of hydrogen-bond acceptors (Lipinski definition) is 5. The van der Waals surface area contributed by atoms with Crippen LogP contribution in [0.1, 0.15) is 30.6 Å². The van der Waals surface area contributed by atoms with Crippen LogP contribution in [-0.2, 0) is 0 Å². The van der Waals surface area contributed by atoms with Crippen LogP contribution in [0.2, 0.25) is 0 Å². The molecule has 14 heavy (non-hydrogen) atoms. The monoisotopic (exact) mass is 196 g/mol. The van der Waals surface area contributed by atoms with Gasteiger partial charge in [0.15, 0.2) is 5.82 Å². The predicted octanol–water partition coefficient (Wildman–Crippen LogP) is 0.474. The highest BCUT2D eigenvalue weighted by atomic mass is 16.5. The van der Waals surface area contributed by atoms with Crippen LogP contribution < -0.4 is 5.73 Å². The molecule has 5 nitrogen and oxygen atoms in total. The van der Waals surface area contributed by atoms with Gasteiger partial charge in [0.1, 0.15) is 0 Å². The van der Waals surface area contributed by atoms with E-state index in [1.807, 2.05) is 6.92 Å². The summed E-state index contributed by atoms with van der Waals surface area (Å²) >= 11 is 0. The number of likely N-dealkylation sites (tertiary alicyclic amines) is 1. The number of aromatic nitrogens is 2. The van der Waals surface area contributed by atoms with Gasteiger partial charge in [-0.25, -0.2) is 0 Å². The standard InChI is InChI=1S/C9H16N4O/c1-7-11-9(12-14-7)8-3-2-5-13(8)6-4-10/h8H,2-6,10H2,1H3. The molecule has 0 bridgehead atoms. The maximum atomic E-state index is 5.55. The van der Waals surface area contributed by atoms with Gasteiger partial charge in [0, 0.05) is 20.0 Å². The zero-order valence-electron chi connectivity index (χ0n) is 8.44. The van der Waals surface area contributed by atoms with Crippen molar-refractivity contribution in [3.05, 3.63) is 11.7 Å². The Kier molecular flexibility index (Phi) is 2.79. The number of hydrogen-bond donors (Lipinski definition) is 1. The fraction of sp³-hybridized carbons (Fsp3) is 0.778. The molecule has 2 rings (SSSR count). The molecule has 1 aliphatic rings. The van der Waals surface area contributed by atoms with Crippen molar-refractivity contribution in [3.63, 3.8) is 0 Å². The Balaban J connectivity index is 2.09. The first-order chi connectivity index (χ1) is 6.81. The van der Waals surface area contributed by atoms with Crippen LogP contribution >= 0.6 is 0 Å². The zero-order chi connectivity index (χ0) is 9.97. The topological polar surface area (TPSA) is 68.2 Å². The van der Waals surface area contributed by atoms with Gasteiger partial charge in [-0.15, -0.1) is 0 Å². The van der Waals surface area contributed by atoms with Crippen molar-refractivity contribution in [3.8, 4) is 0 Å². The first-order valence-corrected chi connectivity index (χ1v) is 5.05. The number of nitrogens with zero attached hydrogens (tertiary/aromatic N) is 3. The third-order valence-electron chi connectivity index (χ3n) is 2.62. The molecule has 1 saturated heterocycles. The molecule has 0 amide bonds. The Hall–Kier alpha value is -0.940. The smallest absolute Gasteiger partial charge is 0.223 e. The van der Waals surface area contributed by atoms with Crippen LogP contribution in [0.25, 0.3) is 0 Å². The molecular formula is C9H16N4O. The number of rotatable bonds is 3. The average molecular weight is 196 g/mol. The average Bonchev–Trinajstić information content (AvgIpc) is 2.74. The van der Waals surface area contributed by atoms with E-state index in [4.69, 9.17) is 10.3 Å². The lowest BCUT2D eigenvalue weighted by molar-refractivity contribution is 0.249. The van der Waals surface area contributed by atoms with Crippen LogP contribution in [0.15, 0.2) is 4.52 Å². The minimum atomic E-state index is 0.316. The molecule has 1 fully saturated rings. The summed E-state index contributed by atoms with van der Waals surface area (Å²) in [6, 6.07) is 0.316. The van der Waals surface area contributed by atoms with E-state index in [2.05, 4.69) is 15.0 Å². The molecule has 2 N–H and O–H groups in total. The highest BCUT2D eigenvalue weighted by molar-refractivity contribution is 4.97. The Morgan fingerprint density at radius 2 is 2.50 bits per heavy atom. The summed E-state index contributed by atoms with van der Waals surface area (Å²) < 4.78 is 4.98. The molecule has 1 aliphatic heterocycles. The second kappa shape index (κ2) is 4.06. The fourth-order valence-corrected chi connectivity index (χ4v) is 2.00. The number of aryl methyl sites for hydroxylation is 1. The van der Waals surface area contributed by atoms with Crippen LogP contribution in [0, 0.1) is 6.92 Å². The van der Waals surface area contributed by atoms with Gasteiger partial charge in [0.2, 0.25) is 5.89 Å². The van der Waals surface area contributed by atoms with E-state index in [9.17, 15) is 0 Å². The lowest BCUT2D eigenvalue weighted by Crippen LogP contribution is -2.29. The summed E-state index contributed by atoms with van der Waals surface area (Å²) in [5, 5.41) is 3.96. The van der Waals surface area contributed by atoms with Crippen LogP contribution in [0.4, 0.5) is 0 Å².